The highest BCUT2D eigenvalue weighted by Crippen LogP contribution is 2.18. The van der Waals surface area contributed by atoms with E-state index in [4.69, 9.17) is 4.74 Å². The molecule has 0 aliphatic heterocycles. The minimum absolute atomic E-state index is 0.00464. The van der Waals surface area contributed by atoms with E-state index in [2.05, 4.69) is 79.6 Å². The predicted molar refractivity (Wildman–Crippen MR) is 209 cm³/mol. The molecule has 0 bridgehead atoms. The first-order valence-electron chi connectivity index (χ1n) is 20.2. The molecule has 0 aliphatic carbocycles. The molecule has 274 valence electrons. The van der Waals surface area contributed by atoms with Gasteiger partial charge in [-0.15, -0.1) is 0 Å². The molecule has 0 aromatic rings. The zero-order valence-electron chi connectivity index (χ0n) is 31.9. The molecule has 0 heterocycles. The Morgan fingerprint density at radius 2 is 1.00 bits per heavy atom. The molecule has 0 saturated carbocycles. The van der Waals surface area contributed by atoms with Gasteiger partial charge in [-0.05, 0) is 123 Å². The molecule has 0 N–H and O–H groups in total. The number of hydrogen-bond donors (Lipinski definition) is 0. The molecule has 0 atom stereocenters. The largest absolute Gasteiger partial charge is 0.462 e. The maximum absolute atomic E-state index is 12.6. The van der Waals surface area contributed by atoms with Crippen LogP contribution in [-0.4, -0.2) is 63.1 Å². The summed E-state index contributed by atoms with van der Waals surface area (Å²) in [6, 6.07) is 0. The minimum Gasteiger partial charge on any atom is -0.462 e. The SMILES string of the molecule is CCCCCC/C=C\C/N=C/CCCCCCCC(CCCCCCC/C=N/C/C=C\CCCCCC)OC(=O)CCCCN(C)C. The molecule has 0 fully saturated rings. The molecule has 5 nitrogen and oxygen atoms in total. The van der Waals surface area contributed by atoms with Crippen LogP contribution in [0.25, 0.3) is 0 Å². The number of hydrogen-bond acceptors (Lipinski definition) is 5. The van der Waals surface area contributed by atoms with Crippen molar-refractivity contribution < 1.29 is 9.53 Å². The zero-order chi connectivity index (χ0) is 34.3. The number of carbonyl (C=O) groups excluding carboxylic acids is 1. The number of esters is 1. The van der Waals surface area contributed by atoms with Crippen LogP contribution in [0.3, 0.4) is 0 Å². The van der Waals surface area contributed by atoms with Crippen LogP contribution in [0.1, 0.15) is 187 Å². The van der Waals surface area contributed by atoms with E-state index in [1.165, 1.54) is 116 Å². The Kier molecular flexibility index (Phi) is 37.3. The summed E-state index contributed by atoms with van der Waals surface area (Å²) >= 11 is 0. The molecular weight excluding hydrogens is 578 g/mol. The number of nitrogens with zero attached hydrogens (tertiary/aromatic N) is 3. The number of aliphatic imine (C=N–C) groups is 2. The van der Waals surface area contributed by atoms with Crippen molar-refractivity contribution in [1.29, 1.82) is 0 Å². The van der Waals surface area contributed by atoms with Crippen LogP contribution in [-0.2, 0) is 9.53 Å². The van der Waals surface area contributed by atoms with Crippen molar-refractivity contribution in [3.8, 4) is 0 Å². The molecule has 0 spiro atoms. The summed E-state index contributed by atoms with van der Waals surface area (Å²) in [7, 11) is 4.17. The van der Waals surface area contributed by atoms with Gasteiger partial charge in [-0.1, -0.05) is 115 Å². The Bertz CT molecular complexity index is 711. The van der Waals surface area contributed by atoms with Crippen molar-refractivity contribution in [2.24, 2.45) is 9.98 Å². The van der Waals surface area contributed by atoms with Gasteiger partial charge in [0.2, 0.25) is 0 Å². The van der Waals surface area contributed by atoms with E-state index in [9.17, 15) is 4.79 Å². The molecule has 0 aromatic carbocycles. The molecule has 0 saturated heterocycles. The van der Waals surface area contributed by atoms with Crippen molar-refractivity contribution in [3.05, 3.63) is 24.3 Å². The first-order chi connectivity index (χ1) is 23.1. The van der Waals surface area contributed by atoms with Gasteiger partial charge in [0.05, 0.1) is 13.1 Å². The van der Waals surface area contributed by atoms with Crippen molar-refractivity contribution in [1.82, 2.24) is 4.90 Å². The lowest BCUT2D eigenvalue weighted by Gasteiger charge is -2.18. The number of allylic oxidation sites excluding steroid dienone is 2. The van der Waals surface area contributed by atoms with Crippen LogP contribution in [0.4, 0.5) is 0 Å². The van der Waals surface area contributed by atoms with Crippen molar-refractivity contribution in [3.63, 3.8) is 0 Å². The summed E-state index contributed by atoms with van der Waals surface area (Å²) in [6.45, 7) is 7.20. The second kappa shape index (κ2) is 38.7. The Balaban J connectivity index is 4.08. The number of rotatable bonds is 36. The van der Waals surface area contributed by atoms with Gasteiger partial charge in [0, 0.05) is 6.42 Å². The van der Waals surface area contributed by atoms with E-state index in [1.807, 2.05) is 0 Å². The fourth-order valence-electron chi connectivity index (χ4n) is 5.70. The zero-order valence-corrected chi connectivity index (χ0v) is 31.9. The molecule has 0 radical (unpaired) electrons. The van der Waals surface area contributed by atoms with Gasteiger partial charge in [-0.2, -0.15) is 0 Å². The lowest BCUT2D eigenvalue weighted by atomic mass is 10.0. The standard InChI is InChI=1S/C42H79N3O2/c1-5-7-9-11-15-21-28-36-43-38-30-23-17-13-19-25-33-41(47-42(46)35-27-32-40-45(3)4)34-26-20-14-18-24-31-39-44-37-29-22-16-12-10-8-6-2/h21-22,28-29,38-39,41H,5-20,23-27,30-37,40H2,1-4H3/b28-21-,29-22-,43-38+,44-39+. The molecule has 0 amide bonds. The van der Waals surface area contributed by atoms with E-state index in [0.717, 1.165) is 71.0 Å². The highest BCUT2D eigenvalue weighted by Gasteiger charge is 2.14. The molecule has 5 heteroatoms. The highest BCUT2D eigenvalue weighted by molar-refractivity contribution is 5.69. The van der Waals surface area contributed by atoms with Crippen LogP contribution < -0.4 is 0 Å². The Labute approximate surface area is 293 Å². The van der Waals surface area contributed by atoms with Gasteiger partial charge in [0.25, 0.3) is 0 Å². The Morgan fingerprint density at radius 1 is 0.553 bits per heavy atom. The number of carbonyl (C=O) groups is 1. The van der Waals surface area contributed by atoms with Crippen LogP contribution in [0.5, 0.6) is 0 Å². The summed E-state index contributed by atoms with van der Waals surface area (Å²) in [5, 5.41) is 0. The maximum Gasteiger partial charge on any atom is 0.306 e. The van der Waals surface area contributed by atoms with Gasteiger partial charge >= 0.3 is 5.97 Å². The van der Waals surface area contributed by atoms with Crippen molar-refractivity contribution in [2.75, 3.05) is 33.7 Å². The van der Waals surface area contributed by atoms with E-state index >= 15 is 0 Å². The normalized spacial score (nSPS) is 12.4. The molecule has 0 aromatic heterocycles. The molecule has 0 unspecified atom stereocenters. The topological polar surface area (TPSA) is 54.3 Å². The average Bonchev–Trinajstić information content (AvgIpc) is 3.06. The summed E-state index contributed by atoms with van der Waals surface area (Å²) in [5.41, 5.74) is 0. The molecular formula is C42H79N3O2. The monoisotopic (exact) mass is 658 g/mol. The van der Waals surface area contributed by atoms with Gasteiger partial charge in [0.15, 0.2) is 0 Å². The maximum atomic E-state index is 12.6. The third-order valence-electron chi connectivity index (χ3n) is 8.71. The van der Waals surface area contributed by atoms with Gasteiger partial charge in [-0.25, -0.2) is 0 Å². The predicted octanol–water partition coefficient (Wildman–Crippen LogP) is 12.3. The van der Waals surface area contributed by atoms with Crippen LogP contribution >= 0.6 is 0 Å². The fourth-order valence-corrected chi connectivity index (χ4v) is 5.70. The van der Waals surface area contributed by atoms with Gasteiger partial charge in [0.1, 0.15) is 6.10 Å². The van der Waals surface area contributed by atoms with E-state index in [1.54, 1.807) is 0 Å². The Morgan fingerprint density at radius 3 is 1.49 bits per heavy atom. The number of unbranched alkanes of at least 4 members (excludes halogenated alkanes) is 19. The van der Waals surface area contributed by atoms with E-state index in [0.29, 0.717) is 6.42 Å². The smallest absolute Gasteiger partial charge is 0.306 e. The Hall–Kier alpha value is -1.75. The quantitative estimate of drug-likeness (QED) is 0.0291. The number of ether oxygens (including phenoxy) is 1. The van der Waals surface area contributed by atoms with Crippen LogP contribution in [0.15, 0.2) is 34.3 Å². The second-order valence-corrected chi connectivity index (χ2v) is 13.8. The molecule has 47 heavy (non-hydrogen) atoms. The average molecular weight is 658 g/mol. The first kappa shape index (κ1) is 45.2. The van der Waals surface area contributed by atoms with Crippen LogP contribution in [0.2, 0.25) is 0 Å². The fraction of sp³-hybridized carbons (Fsp3) is 0.833. The molecule has 0 rings (SSSR count). The first-order valence-corrected chi connectivity index (χ1v) is 20.2. The van der Waals surface area contributed by atoms with Crippen molar-refractivity contribution >= 4 is 18.4 Å². The van der Waals surface area contributed by atoms with E-state index < -0.39 is 0 Å². The van der Waals surface area contributed by atoms with Crippen LogP contribution in [0, 0.1) is 0 Å². The lowest BCUT2D eigenvalue weighted by molar-refractivity contribution is -0.150. The van der Waals surface area contributed by atoms with E-state index in [-0.39, 0.29) is 12.1 Å². The third-order valence-corrected chi connectivity index (χ3v) is 8.71. The van der Waals surface area contributed by atoms with Gasteiger partial charge in [-0.3, -0.25) is 14.8 Å². The van der Waals surface area contributed by atoms with Gasteiger partial charge < -0.3 is 9.64 Å². The third kappa shape index (κ3) is 38.6. The van der Waals surface area contributed by atoms with Crippen molar-refractivity contribution in [2.45, 2.75) is 193 Å². The summed E-state index contributed by atoms with van der Waals surface area (Å²) in [6.07, 6.45) is 45.3. The summed E-state index contributed by atoms with van der Waals surface area (Å²) < 4.78 is 6.01. The summed E-state index contributed by atoms with van der Waals surface area (Å²) in [4.78, 5) is 23.8. The minimum atomic E-state index is 0.00464. The molecule has 0 aliphatic rings. The summed E-state index contributed by atoms with van der Waals surface area (Å²) in [5.74, 6) is 0.00464. The lowest BCUT2D eigenvalue weighted by Crippen LogP contribution is -2.19. The highest BCUT2D eigenvalue weighted by atomic mass is 16.5. The second-order valence-electron chi connectivity index (χ2n) is 13.8.